The van der Waals surface area contributed by atoms with Crippen LogP contribution in [-0.4, -0.2) is 21.5 Å². The first kappa shape index (κ1) is 15.1. The van der Waals surface area contributed by atoms with Gasteiger partial charge in [-0.25, -0.2) is 0 Å². The molecule has 1 radical (unpaired) electrons. The first-order chi connectivity index (χ1) is 6.99. The summed E-state index contributed by atoms with van der Waals surface area (Å²) in [6.45, 7) is 13.0. The van der Waals surface area contributed by atoms with Gasteiger partial charge in [0.2, 0.25) is 0 Å². The second kappa shape index (κ2) is 8.31. The quantitative estimate of drug-likeness (QED) is 0.592. The Labute approximate surface area is 97.2 Å². The number of hydrogen-bond donors (Lipinski definition) is 0. The lowest BCUT2D eigenvalue weighted by Gasteiger charge is -2.23. The molecular formula is C12H27O2Si. The Bertz CT molecular complexity index is 139. The maximum atomic E-state index is 5.96. The summed E-state index contributed by atoms with van der Waals surface area (Å²) in [5.74, 6) is 0.659. The minimum absolute atomic E-state index is 0.335. The van der Waals surface area contributed by atoms with Crippen molar-refractivity contribution in [3.8, 4) is 0 Å². The van der Waals surface area contributed by atoms with Crippen LogP contribution in [0.25, 0.3) is 0 Å². The van der Waals surface area contributed by atoms with Gasteiger partial charge in [0.15, 0.2) is 0 Å². The van der Waals surface area contributed by atoms with E-state index in [1.807, 2.05) is 0 Å². The fourth-order valence-corrected chi connectivity index (χ4v) is 3.22. The lowest BCUT2D eigenvalue weighted by molar-refractivity contribution is 0.108. The summed E-state index contributed by atoms with van der Waals surface area (Å²) < 4.78 is 11.9. The Morgan fingerprint density at radius 2 is 1.27 bits per heavy atom. The average Bonchev–Trinajstić information content (AvgIpc) is 2.16. The van der Waals surface area contributed by atoms with Crippen LogP contribution in [0.1, 0.15) is 54.4 Å². The van der Waals surface area contributed by atoms with E-state index in [9.17, 15) is 0 Å². The van der Waals surface area contributed by atoms with Gasteiger partial charge < -0.3 is 8.85 Å². The minimum atomic E-state index is -1.07. The van der Waals surface area contributed by atoms with Gasteiger partial charge >= 0.3 is 9.28 Å². The van der Waals surface area contributed by atoms with Crippen LogP contribution in [0.4, 0.5) is 0 Å². The first-order valence-corrected chi connectivity index (χ1v) is 7.71. The Morgan fingerprint density at radius 3 is 1.53 bits per heavy atom. The molecule has 0 spiro atoms. The molecule has 15 heavy (non-hydrogen) atoms. The Morgan fingerprint density at radius 1 is 0.867 bits per heavy atom. The molecule has 0 bridgehead atoms. The summed E-state index contributed by atoms with van der Waals surface area (Å²) in [7, 11) is -1.07. The van der Waals surface area contributed by atoms with Crippen molar-refractivity contribution in [2.24, 2.45) is 5.92 Å². The van der Waals surface area contributed by atoms with Crippen LogP contribution in [0.15, 0.2) is 0 Å². The molecule has 0 aromatic carbocycles. The molecule has 0 amide bonds. The van der Waals surface area contributed by atoms with Gasteiger partial charge in [-0.2, -0.15) is 0 Å². The molecule has 0 rings (SSSR count). The smallest absolute Gasteiger partial charge is 0.385 e. The minimum Gasteiger partial charge on any atom is -0.391 e. The van der Waals surface area contributed by atoms with Crippen LogP contribution in [0.3, 0.4) is 0 Å². The van der Waals surface area contributed by atoms with E-state index in [0.29, 0.717) is 18.1 Å². The topological polar surface area (TPSA) is 18.5 Å². The van der Waals surface area contributed by atoms with Crippen LogP contribution < -0.4 is 0 Å². The molecule has 0 saturated carbocycles. The van der Waals surface area contributed by atoms with E-state index in [1.165, 1.54) is 0 Å². The lowest BCUT2D eigenvalue weighted by Crippen LogP contribution is -2.32. The zero-order valence-corrected chi connectivity index (χ0v) is 12.2. The molecule has 0 aromatic rings. The van der Waals surface area contributed by atoms with Gasteiger partial charge in [-0.05, 0) is 38.7 Å². The predicted octanol–water partition coefficient (Wildman–Crippen LogP) is 3.76. The van der Waals surface area contributed by atoms with Crippen molar-refractivity contribution in [2.45, 2.75) is 72.6 Å². The zero-order chi connectivity index (χ0) is 11.8. The predicted molar refractivity (Wildman–Crippen MR) is 67.1 cm³/mol. The van der Waals surface area contributed by atoms with Crippen molar-refractivity contribution < 1.29 is 8.85 Å². The number of hydrogen-bond acceptors (Lipinski definition) is 2. The lowest BCUT2D eigenvalue weighted by atomic mass is 10.3. The van der Waals surface area contributed by atoms with Gasteiger partial charge in [-0.3, -0.25) is 0 Å². The van der Waals surface area contributed by atoms with Gasteiger partial charge in [0.1, 0.15) is 0 Å². The molecule has 3 heteroatoms. The second-order valence-corrected chi connectivity index (χ2v) is 6.27. The van der Waals surface area contributed by atoms with Gasteiger partial charge in [-0.1, -0.05) is 27.7 Å². The van der Waals surface area contributed by atoms with Crippen molar-refractivity contribution in [1.29, 1.82) is 0 Å². The molecule has 0 saturated heterocycles. The van der Waals surface area contributed by atoms with Gasteiger partial charge in [-0.15, -0.1) is 0 Å². The molecule has 2 nitrogen and oxygen atoms in total. The van der Waals surface area contributed by atoms with E-state index in [4.69, 9.17) is 8.85 Å². The van der Waals surface area contributed by atoms with Gasteiger partial charge in [0.25, 0.3) is 0 Å². The van der Waals surface area contributed by atoms with E-state index in [0.717, 1.165) is 18.9 Å². The fourth-order valence-electron chi connectivity index (χ4n) is 1.07. The summed E-state index contributed by atoms with van der Waals surface area (Å²) in [5, 5.41) is 0. The standard InChI is InChI=1S/C12H27O2Si/c1-7-11(5)13-15(9-10(3)4)14-12(6)8-2/h10-12H,7-9H2,1-6H3. The van der Waals surface area contributed by atoms with E-state index < -0.39 is 9.28 Å². The largest absolute Gasteiger partial charge is 0.391 e. The highest BCUT2D eigenvalue weighted by atomic mass is 28.3. The molecular weight excluding hydrogens is 204 g/mol. The Hall–Kier alpha value is 0.137. The average molecular weight is 231 g/mol. The highest BCUT2D eigenvalue weighted by molar-refractivity contribution is 6.44. The zero-order valence-electron chi connectivity index (χ0n) is 11.2. The number of rotatable bonds is 8. The summed E-state index contributed by atoms with van der Waals surface area (Å²) in [4.78, 5) is 0. The van der Waals surface area contributed by atoms with E-state index in [2.05, 4.69) is 41.5 Å². The highest BCUT2D eigenvalue weighted by Gasteiger charge is 2.22. The van der Waals surface area contributed by atoms with Crippen molar-refractivity contribution >= 4 is 9.28 Å². The molecule has 0 heterocycles. The second-order valence-electron chi connectivity index (χ2n) is 4.64. The third-order valence-electron chi connectivity index (χ3n) is 2.39. The molecule has 91 valence electrons. The molecule has 0 aromatic heterocycles. The summed E-state index contributed by atoms with van der Waals surface area (Å²) in [5.41, 5.74) is 0. The summed E-state index contributed by atoms with van der Waals surface area (Å²) in [6.07, 6.45) is 2.80. The molecule has 0 aliphatic rings. The van der Waals surface area contributed by atoms with Crippen LogP contribution in [0.2, 0.25) is 6.04 Å². The summed E-state index contributed by atoms with van der Waals surface area (Å²) >= 11 is 0. The van der Waals surface area contributed by atoms with Gasteiger partial charge in [0, 0.05) is 12.2 Å². The van der Waals surface area contributed by atoms with Crippen LogP contribution in [0.5, 0.6) is 0 Å². The van der Waals surface area contributed by atoms with Crippen molar-refractivity contribution in [3.05, 3.63) is 0 Å². The molecule has 2 unspecified atom stereocenters. The van der Waals surface area contributed by atoms with Crippen molar-refractivity contribution in [1.82, 2.24) is 0 Å². The fraction of sp³-hybridized carbons (Fsp3) is 1.00. The maximum absolute atomic E-state index is 5.96. The summed E-state index contributed by atoms with van der Waals surface area (Å²) in [6, 6.07) is 1.08. The van der Waals surface area contributed by atoms with Crippen molar-refractivity contribution in [3.63, 3.8) is 0 Å². The molecule has 0 fully saturated rings. The van der Waals surface area contributed by atoms with Crippen LogP contribution in [-0.2, 0) is 8.85 Å². The third kappa shape index (κ3) is 8.00. The highest BCUT2D eigenvalue weighted by Crippen LogP contribution is 2.13. The van der Waals surface area contributed by atoms with Gasteiger partial charge in [0.05, 0.1) is 0 Å². The molecule has 0 aliphatic heterocycles. The Kier molecular flexibility index (Phi) is 8.38. The van der Waals surface area contributed by atoms with Crippen LogP contribution >= 0.6 is 0 Å². The molecule has 0 aliphatic carbocycles. The first-order valence-electron chi connectivity index (χ1n) is 6.18. The van der Waals surface area contributed by atoms with E-state index in [-0.39, 0.29) is 0 Å². The van der Waals surface area contributed by atoms with E-state index >= 15 is 0 Å². The monoisotopic (exact) mass is 231 g/mol. The van der Waals surface area contributed by atoms with Crippen LogP contribution in [0, 0.1) is 5.92 Å². The van der Waals surface area contributed by atoms with Crippen molar-refractivity contribution in [2.75, 3.05) is 0 Å². The normalized spacial score (nSPS) is 16.0. The molecule has 0 N–H and O–H groups in total. The molecule has 2 atom stereocenters. The van der Waals surface area contributed by atoms with E-state index in [1.54, 1.807) is 0 Å². The SMILES string of the molecule is CCC(C)O[Si](CC(C)C)OC(C)CC. The Balaban J connectivity index is 4.05. The third-order valence-corrected chi connectivity index (χ3v) is 4.87. The maximum Gasteiger partial charge on any atom is 0.385 e.